The van der Waals surface area contributed by atoms with Gasteiger partial charge in [0.25, 0.3) is 0 Å². The average molecular weight is 272 g/mol. The number of carbonyl (C=O) groups is 1. The lowest BCUT2D eigenvalue weighted by atomic mass is 9.70. The van der Waals surface area contributed by atoms with Crippen molar-refractivity contribution < 1.29 is 9.53 Å². The summed E-state index contributed by atoms with van der Waals surface area (Å²) >= 11 is 0. The van der Waals surface area contributed by atoms with Gasteiger partial charge in [-0.1, -0.05) is 38.5 Å². The van der Waals surface area contributed by atoms with E-state index in [0.717, 1.165) is 5.56 Å². The molecule has 0 saturated heterocycles. The second kappa shape index (κ2) is 4.34. The third-order valence-corrected chi connectivity index (χ3v) is 5.65. The zero-order valence-electron chi connectivity index (χ0n) is 12.9. The third kappa shape index (κ3) is 1.97. The number of esters is 1. The number of aryl methyl sites for hydroxylation is 1. The van der Waals surface area contributed by atoms with E-state index < -0.39 is 0 Å². The minimum absolute atomic E-state index is 0.0440. The lowest BCUT2D eigenvalue weighted by Crippen LogP contribution is -2.43. The largest absolute Gasteiger partial charge is 0.458 e. The highest BCUT2D eigenvalue weighted by Gasteiger charge is 2.61. The van der Waals surface area contributed by atoms with E-state index in [2.05, 4.69) is 20.8 Å². The molecule has 2 heteroatoms. The standard InChI is InChI=1S/C18H24O2/c1-12-5-7-13(8-6-12)15(19)20-16-17(2,3)14-9-10-18(16,4)11-14/h5-8,14,16H,9-11H2,1-4H3. The monoisotopic (exact) mass is 272 g/mol. The highest BCUT2D eigenvalue weighted by atomic mass is 16.5. The van der Waals surface area contributed by atoms with Gasteiger partial charge in [-0.05, 0) is 44.2 Å². The fraction of sp³-hybridized carbons (Fsp3) is 0.611. The molecule has 0 radical (unpaired) electrons. The zero-order valence-corrected chi connectivity index (χ0v) is 12.9. The van der Waals surface area contributed by atoms with Crippen molar-refractivity contribution in [1.29, 1.82) is 0 Å². The molecule has 3 atom stereocenters. The Balaban J connectivity index is 1.80. The summed E-state index contributed by atoms with van der Waals surface area (Å²) in [5.74, 6) is 0.528. The molecule has 108 valence electrons. The molecule has 3 unspecified atom stereocenters. The van der Waals surface area contributed by atoms with E-state index in [0.29, 0.717) is 11.5 Å². The van der Waals surface area contributed by atoms with Gasteiger partial charge in [-0.3, -0.25) is 0 Å². The third-order valence-electron chi connectivity index (χ3n) is 5.65. The molecule has 2 saturated carbocycles. The quantitative estimate of drug-likeness (QED) is 0.747. The molecular formula is C18H24O2. The van der Waals surface area contributed by atoms with Gasteiger partial charge in [0.1, 0.15) is 6.10 Å². The van der Waals surface area contributed by atoms with Crippen molar-refractivity contribution in [3.63, 3.8) is 0 Å². The summed E-state index contributed by atoms with van der Waals surface area (Å²) in [6.45, 7) is 8.83. The molecule has 1 aromatic carbocycles. The van der Waals surface area contributed by atoms with Crippen LogP contribution in [0.15, 0.2) is 24.3 Å². The first-order valence-corrected chi connectivity index (χ1v) is 7.60. The number of hydrogen-bond acceptors (Lipinski definition) is 2. The first kappa shape index (κ1) is 13.7. The lowest BCUT2D eigenvalue weighted by Gasteiger charge is -2.41. The van der Waals surface area contributed by atoms with Crippen LogP contribution >= 0.6 is 0 Å². The van der Waals surface area contributed by atoms with Crippen molar-refractivity contribution in [3.8, 4) is 0 Å². The van der Waals surface area contributed by atoms with Crippen LogP contribution in [0, 0.1) is 23.7 Å². The van der Waals surface area contributed by atoms with Gasteiger partial charge >= 0.3 is 5.97 Å². The van der Waals surface area contributed by atoms with Gasteiger partial charge in [0.05, 0.1) is 5.56 Å². The van der Waals surface area contributed by atoms with Gasteiger partial charge in [0.15, 0.2) is 0 Å². The lowest BCUT2D eigenvalue weighted by molar-refractivity contribution is -0.0584. The Labute approximate surface area is 121 Å². The smallest absolute Gasteiger partial charge is 0.338 e. The predicted molar refractivity (Wildman–Crippen MR) is 79.6 cm³/mol. The molecule has 0 amide bonds. The zero-order chi connectivity index (χ0) is 14.5. The van der Waals surface area contributed by atoms with Crippen molar-refractivity contribution in [3.05, 3.63) is 35.4 Å². The second-order valence-corrected chi connectivity index (χ2v) is 7.57. The molecule has 2 nitrogen and oxygen atoms in total. The van der Waals surface area contributed by atoms with E-state index in [1.54, 1.807) is 0 Å². The summed E-state index contributed by atoms with van der Waals surface area (Å²) < 4.78 is 5.95. The predicted octanol–water partition coefficient (Wildman–Crippen LogP) is 4.37. The Hall–Kier alpha value is -1.31. The van der Waals surface area contributed by atoms with Gasteiger partial charge < -0.3 is 4.74 Å². The Morgan fingerprint density at radius 3 is 2.40 bits per heavy atom. The molecule has 0 spiro atoms. The van der Waals surface area contributed by atoms with Gasteiger partial charge in [-0.15, -0.1) is 0 Å². The van der Waals surface area contributed by atoms with Crippen LogP contribution in [0.5, 0.6) is 0 Å². The maximum Gasteiger partial charge on any atom is 0.338 e. The molecule has 0 aromatic heterocycles. The molecule has 2 aliphatic carbocycles. The normalized spacial score (nSPS) is 34.2. The van der Waals surface area contributed by atoms with Gasteiger partial charge in [-0.25, -0.2) is 4.79 Å². The molecular weight excluding hydrogens is 248 g/mol. The van der Waals surface area contributed by atoms with Crippen molar-refractivity contribution >= 4 is 5.97 Å². The molecule has 1 aromatic rings. The summed E-state index contributed by atoms with van der Waals surface area (Å²) in [6.07, 6.45) is 3.71. The molecule has 2 bridgehead atoms. The van der Waals surface area contributed by atoms with Crippen LogP contribution in [0.1, 0.15) is 56.0 Å². The maximum absolute atomic E-state index is 12.4. The molecule has 2 aliphatic rings. The molecule has 20 heavy (non-hydrogen) atoms. The average Bonchev–Trinajstić information content (AvgIpc) is 2.86. The SMILES string of the molecule is Cc1ccc(C(=O)OC2C3(C)CCC(C3)C2(C)C)cc1. The van der Waals surface area contributed by atoms with Crippen molar-refractivity contribution in [2.75, 3.05) is 0 Å². The number of rotatable bonds is 2. The van der Waals surface area contributed by atoms with E-state index in [1.807, 2.05) is 31.2 Å². The maximum atomic E-state index is 12.4. The fourth-order valence-corrected chi connectivity index (χ4v) is 4.42. The Bertz CT molecular complexity index is 524. The number of carbonyl (C=O) groups excluding carboxylic acids is 1. The van der Waals surface area contributed by atoms with E-state index in [9.17, 15) is 4.79 Å². The van der Waals surface area contributed by atoms with E-state index in [4.69, 9.17) is 4.74 Å². The van der Waals surface area contributed by atoms with Crippen LogP contribution in [-0.4, -0.2) is 12.1 Å². The van der Waals surface area contributed by atoms with Crippen LogP contribution in [0.3, 0.4) is 0 Å². The summed E-state index contributed by atoms with van der Waals surface area (Å²) in [5.41, 5.74) is 2.11. The minimum Gasteiger partial charge on any atom is -0.458 e. The topological polar surface area (TPSA) is 26.3 Å². The molecule has 3 rings (SSSR count). The van der Waals surface area contributed by atoms with Crippen LogP contribution < -0.4 is 0 Å². The Kier molecular flexibility index (Phi) is 2.97. The van der Waals surface area contributed by atoms with Crippen molar-refractivity contribution in [2.45, 2.75) is 53.1 Å². The van der Waals surface area contributed by atoms with E-state index in [1.165, 1.54) is 19.3 Å². The van der Waals surface area contributed by atoms with Gasteiger partial charge in [0, 0.05) is 10.8 Å². The first-order valence-electron chi connectivity index (χ1n) is 7.60. The van der Waals surface area contributed by atoms with Crippen LogP contribution in [0.4, 0.5) is 0 Å². The summed E-state index contributed by atoms with van der Waals surface area (Å²) in [6, 6.07) is 7.65. The van der Waals surface area contributed by atoms with Crippen LogP contribution in [0.25, 0.3) is 0 Å². The summed E-state index contributed by atoms with van der Waals surface area (Å²) in [7, 11) is 0. The molecule has 0 heterocycles. The van der Waals surface area contributed by atoms with Crippen LogP contribution in [0.2, 0.25) is 0 Å². The number of hydrogen-bond donors (Lipinski definition) is 0. The summed E-state index contributed by atoms with van der Waals surface area (Å²) in [4.78, 5) is 12.4. The second-order valence-electron chi connectivity index (χ2n) is 7.57. The summed E-state index contributed by atoms with van der Waals surface area (Å²) in [5, 5.41) is 0. The first-order chi connectivity index (χ1) is 9.33. The number of benzene rings is 1. The minimum atomic E-state index is -0.170. The molecule has 0 N–H and O–H groups in total. The van der Waals surface area contributed by atoms with Gasteiger partial charge in [-0.2, -0.15) is 0 Å². The highest BCUT2D eigenvalue weighted by molar-refractivity contribution is 5.89. The van der Waals surface area contributed by atoms with Crippen molar-refractivity contribution in [2.24, 2.45) is 16.7 Å². The highest BCUT2D eigenvalue weighted by Crippen LogP contribution is 2.63. The number of ether oxygens (including phenoxy) is 1. The fourth-order valence-electron chi connectivity index (χ4n) is 4.42. The van der Waals surface area contributed by atoms with Crippen molar-refractivity contribution in [1.82, 2.24) is 0 Å². The van der Waals surface area contributed by atoms with E-state index in [-0.39, 0.29) is 22.9 Å². The Morgan fingerprint density at radius 2 is 1.85 bits per heavy atom. The van der Waals surface area contributed by atoms with Gasteiger partial charge in [0.2, 0.25) is 0 Å². The van der Waals surface area contributed by atoms with E-state index >= 15 is 0 Å². The number of fused-ring (bicyclic) bond motifs is 2. The molecule has 0 aliphatic heterocycles. The Morgan fingerprint density at radius 1 is 1.20 bits per heavy atom. The molecule has 2 fully saturated rings. The van der Waals surface area contributed by atoms with Crippen LogP contribution in [-0.2, 0) is 4.74 Å².